The van der Waals surface area contributed by atoms with Gasteiger partial charge < -0.3 is 20.2 Å². The highest BCUT2D eigenvalue weighted by Crippen LogP contribution is 2.33. The van der Waals surface area contributed by atoms with E-state index in [0.29, 0.717) is 18.6 Å². The van der Waals surface area contributed by atoms with Crippen LogP contribution in [-0.4, -0.2) is 40.3 Å². The van der Waals surface area contributed by atoms with Gasteiger partial charge >= 0.3 is 7.12 Å². The molecule has 0 aromatic heterocycles. The first-order valence-electron chi connectivity index (χ1n) is 11.6. The number of hydrogen-bond donors (Lipinski definition) is 3. The Labute approximate surface area is 197 Å². The molecule has 2 aromatic carbocycles. The zero-order chi connectivity index (χ0) is 24.2. The normalized spacial score (nSPS) is 19.1. The van der Waals surface area contributed by atoms with E-state index in [9.17, 15) is 14.8 Å². The first-order chi connectivity index (χ1) is 15.5. The number of amides is 1. The second-order valence-electron chi connectivity index (χ2n) is 10.4. The molecule has 2 aromatic rings. The summed E-state index contributed by atoms with van der Waals surface area (Å²) in [5.74, 6) is -1.00. The van der Waals surface area contributed by atoms with Gasteiger partial charge in [-0.3, -0.25) is 4.79 Å². The molecule has 1 aliphatic rings. The summed E-state index contributed by atoms with van der Waals surface area (Å²) < 4.78 is 0. The summed E-state index contributed by atoms with van der Waals surface area (Å²) in [6, 6.07) is 17.8. The SMILES string of the molecule is CC(C)C[C@H](NC(=O)[C@]1(Cc2ccccc2)CC(c2cccc(C(C)(C)C)c2)=NO1)B(O)O. The summed E-state index contributed by atoms with van der Waals surface area (Å²) in [6.07, 6.45) is 1.05. The van der Waals surface area contributed by atoms with Crippen molar-refractivity contribution in [2.45, 2.75) is 70.8 Å². The maximum Gasteiger partial charge on any atom is 0.475 e. The summed E-state index contributed by atoms with van der Waals surface area (Å²) in [5, 5.41) is 26.8. The maximum absolute atomic E-state index is 13.5. The van der Waals surface area contributed by atoms with Gasteiger partial charge in [-0.05, 0) is 40.5 Å². The fourth-order valence-corrected chi connectivity index (χ4v) is 4.08. The van der Waals surface area contributed by atoms with Crippen molar-refractivity contribution in [3.05, 3.63) is 71.3 Å². The van der Waals surface area contributed by atoms with Gasteiger partial charge in [0.25, 0.3) is 5.91 Å². The van der Waals surface area contributed by atoms with E-state index >= 15 is 0 Å². The minimum atomic E-state index is -1.66. The minimum absolute atomic E-state index is 0.0180. The Hall–Kier alpha value is -2.64. The molecule has 0 radical (unpaired) electrons. The molecular formula is C26H35BN2O4. The fourth-order valence-electron chi connectivity index (χ4n) is 4.08. The molecule has 0 unspecified atom stereocenters. The summed E-state index contributed by atoms with van der Waals surface area (Å²) in [4.78, 5) is 19.4. The number of hydrogen-bond acceptors (Lipinski definition) is 5. The molecule has 0 bridgehead atoms. The maximum atomic E-state index is 13.5. The highest BCUT2D eigenvalue weighted by Gasteiger charge is 2.48. The van der Waals surface area contributed by atoms with Crippen LogP contribution in [0.15, 0.2) is 59.8 Å². The Morgan fingerprint density at radius 2 is 1.85 bits per heavy atom. The van der Waals surface area contributed by atoms with E-state index in [1.54, 1.807) is 0 Å². The van der Waals surface area contributed by atoms with Gasteiger partial charge in [-0.1, -0.05) is 88.3 Å². The van der Waals surface area contributed by atoms with Gasteiger partial charge in [-0.15, -0.1) is 0 Å². The van der Waals surface area contributed by atoms with Crippen molar-refractivity contribution in [1.82, 2.24) is 5.32 Å². The number of oxime groups is 1. The molecular weight excluding hydrogens is 415 g/mol. The van der Waals surface area contributed by atoms with E-state index in [0.717, 1.165) is 11.1 Å². The van der Waals surface area contributed by atoms with Gasteiger partial charge in [0.1, 0.15) is 0 Å². The monoisotopic (exact) mass is 450 g/mol. The van der Waals surface area contributed by atoms with Crippen LogP contribution in [0.25, 0.3) is 0 Å². The third kappa shape index (κ3) is 6.24. The predicted molar refractivity (Wildman–Crippen MR) is 132 cm³/mol. The van der Waals surface area contributed by atoms with E-state index in [4.69, 9.17) is 4.84 Å². The highest BCUT2D eigenvalue weighted by molar-refractivity contribution is 6.43. The van der Waals surface area contributed by atoms with Crippen LogP contribution >= 0.6 is 0 Å². The molecule has 0 fully saturated rings. The average Bonchev–Trinajstić information content (AvgIpc) is 3.18. The molecule has 1 aliphatic heterocycles. The van der Waals surface area contributed by atoms with Crippen molar-refractivity contribution >= 4 is 18.7 Å². The van der Waals surface area contributed by atoms with Gasteiger partial charge in [0.2, 0.25) is 5.60 Å². The van der Waals surface area contributed by atoms with Crippen LogP contribution in [-0.2, 0) is 21.5 Å². The molecule has 176 valence electrons. The highest BCUT2D eigenvalue weighted by atomic mass is 16.7. The second kappa shape index (κ2) is 10.1. The van der Waals surface area contributed by atoms with Crippen molar-refractivity contribution in [2.75, 3.05) is 0 Å². The Bertz CT molecular complexity index is 985. The van der Waals surface area contributed by atoms with Crippen LogP contribution in [0.3, 0.4) is 0 Å². The van der Waals surface area contributed by atoms with Gasteiger partial charge in [0, 0.05) is 12.8 Å². The van der Waals surface area contributed by atoms with Gasteiger partial charge in [0.05, 0.1) is 11.7 Å². The Kier molecular flexibility index (Phi) is 7.65. The number of carbonyl (C=O) groups is 1. The van der Waals surface area contributed by atoms with Crippen LogP contribution in [0.5, 0.6) is 0 Å². The molecule has 1 amide bonds. The molecule has 1 heterocycles. The molecule has 33 heavy (non-hydrogen) atoms. The molecule has 0 aliphatic carbocycles. The summed E-state index contributed by atoms with van der Waals surface area (Å²) >= 11 is 0. The van der Waals surface area contributed by atoms with Crippen LogP contribution in [0.2, 0.25) is 0 Å². The smallest absolute Gasteiger partial charge is 0.426 e. The predicted octanol–water partition coefficient (Wildman–Crippen LogP) is 3.63. The van der Waals surface area contributed by atoms with Crippen molar-refractivity contribution in [3.63, 3.8) is 0 Å². The number of nitrogens with zero attached hydrogens (tertiary/aromatic N) is 1. The molecule has 0 saturated carbocycles. The Morgan fingerprint density at radius 1 is 1.15 bits per heavy atom. The average molecular weight is 450 g/mol. The number of rotatable bonds is 8. The molecule has 7 heteroatoms. The summed E-state index contributed by atoms with van der Waals surface area (Å²) in [6.45, 7) is 10.4. The van der Waals surface area contributed by atoms with E-state index in [2.05, 4.69) is 43.4 Å². The second-order valence-corrected chi connectivity index (χ2v) is 10.4. The zero-order valence-electron chi connectivity index (χ0n) is 20.2. The zero-order valence-corrected chi connectivity index (χ0v) is 20.2. The molecule has 6 nitrogen and oxygen atoms in total. The summed E-state index contributed by atoms with van der Waals surface area (Å²) in [5.41, 5.74) is 2.46. The lowest BCUT2D eigenvalue weighted by atomic mass is 9.74. The molecule has 0 saturated heterocycles. The van der Waals surface area contributed by atoms with E-state index in [1.807, 2.05) is 56.3 Å². The van der Waals surface area contributed by atoms with E-state index < -0.39 is 24.6 Å². The van der Waals surface area contributed by atoms with Crippen LogP contribution in [0, 0.1) is 5.92 Å². The number of carbonyl (C=O) groups excluding carboxylic acids is 1. The van der Waals surface area contributed by atoms with Gasteiger partial charge in [-0.2, -0.15) is 0 Å². The van der Waals surface area contributed by atoms with Crippen molar-refractivity contribution in [3.8, 4) is 0 Å². The quantitative estimate of drug-likeness (QED) is 0.536. The third-order valence-corrected chi connectivity index (χ3v) is 5.99. The molecule has 0 spiro atoms. The van der Waals surface area contributed by atoms with E-state index in [1.165, 1.54) is 5.56 Å². The lowest BCUT2D eigenvalue weighted by molar-refractivity contribution is -0.144. The summed E-state index contributed by atoms with van der Waals surface area (Å²) in [7, 11) is -1.66. The first kappa shape index (κ1) is 25.0. The topological polar surface area (TPSA) is 91.2 Å². The first-order valence-corrected chi connectivity index (χ1v) is 11.6. The lowest BCUT2D eigenvalue weighted by Crippen LogP contribution is -2.56. The standard InChI is InChI=1S/C26H35BN2O4/c1-18(2)14-23(27(31)32)28-24(30)26(16-19-10-7-6-8-11-19)17-22(29-33-26)20-12-9-13-21(15-20)25(3,4)5/h6-13,15,18,23,31-32H,14,16-17H2,1-5H3,(H,28,30)/t23-,26-/m0/s1. The molecule has 2 atom stereocenters. The fraction of sp³-hybridized carbons (Fsp3) is 0.462. The molecule has 3 N–H and O–H groups in total. The lowest BCUT2D eigenvalue weighted by Gasteiger charge is -2.29. The van der Waals surface area contributed by atoms with Crippen molar-refractivity contribution in [1.29, 1.82) is 0 Å². The third-order valence-electron chi connectivity index (χ3n) is 5.99. The molecule has 3 rings (SSSR count). The number of benzene rings is 2. The van der Waals surface area contributed by atoms with Crippen molar-refractivity contribution < 1.29 is 19.7 Å². The van der Waals surface area contributed by atoms with Crippen LogP contribution in [0.1, 0.15) is 64.2 Å². The van der Waals surface area contributed by atoms with E-state index in [-0.39, 0.29) is 17.8 Å². The largest absolute Gasteiger partial charge is 0.475 e. The Morgan fingerprint density at radius 3 is 2.45 bits per heavy atom. The van der Waals surface area contributed by atoms with Gasteiger partial charge in [-0.25, -0.2) is 0 Å². The van der Waals surface area contributed by atoms with Crippen LogP contribution < -0.4 is 5.32 Å². The number of nitrogens with one attached hydrogen (secondary N) is 1. The van der Waals surface area contributed by atoms with Crippen molar-refractivity contribution in [2.24, 2.45) is 11.1 Å². The van der Waals surface area contributed by atoms with Gasteiger partial charge in [0.15, 0.2) is 0 Å². The Balaban J connectivity index is 1.89. The minimum Gasteiger partial charge on any atom is -0.426 e. The van der Waals surface area contributed by atoms with Crippen LogP contribution in [0.4, 0.5) is 0 Å².